The Labute approximate surface area is 183 Å². The molecule has 1 aliphatic heterocycles. The van der Waals surface area contributed by atoms with Crippen molar-refractivity contribution < 1.29 is 18.3 Å². The number of methoxy groups -OCH3 is 1. The summed E-state index contributed by atoms with van der Waals surface area (Å²) in [6.45, 7) is 3.15. The first kappa shape index (κ1) is 21.0. The Morgan fingerprint density at radius 1 is 1.10 bits per heavy atom. The molecule has 0 atom stereocenters. The minimum Gasteiger partial charge on any atom is -0.497 e. The molecule has 1 aliphatic rings. The van der Waals surface area contributed by atoms with E-state index in [2.05, 4.69) is 20.1 Å². The SMILES string of the molecule is COc1ccc(N2CCN(c3nc(C(=O)NCc4cc(F)ccc4F)cs3)CC2)cc1. The maximum Gasteiger partial charge on any atom is 0.271 e. The molecule has 0 saturated carbocycles. The van der Waals surface area contributed by atoms with Crippen LogP contribution in [0.2, 0.25) is 0 Å². The number of hydrogen-bond acceptors (Lipinski definition) is 6. The Morgan fingerprint density at radius 2 is 1.81 bits per heavy atom. The highest BCUT2D eigenvalue weighted by molar-refractivity contribution is 7.13. The van der Waals surface area contributed by atoms with Gasteiger partial charge in [-0.15, -0.1) is 11.3 Å². The average molecular weight is 445 g/mol. The summed E-state index contributed by atoms with van der Waals surface area (Å²) >= 11 is 1.40. The number of anilines is 2. The number of carbonyl (C=O) groups excluding carboxylic acids is 1. The second-order valence-corrected chi connectivity index (χ2v) is 7.94. The average Bonchev–Trinajstić information content (AvgIpc) is 3.30. The van der Waals surface area contributed by atoms with Gasteiger partial charge in [0.2, 0.25) is 0 Å². The summed E-state index contributed by atoms with van der Waals surface area (Å²) in [5.41, 5.74) is 1.51. The molecule has 0 bridgehead atoms. The van der Waals surface area contributed by atoms with E-state index in [-0.39, 0.29) is 17.8 Å². The molecule has 4 rings (SSSR count). The molecule has 2 heterocycles. The summed E-state index contributed by atoms with van der Waals surface area (Å²) in [5.74, 6) is -0.690. The van der Waals surface area contributed by atoms with Gasteiger partial charge < -0.3 is 19.9 Å². The minimum atomic E-state index is -0.560. The van der Waals surface area contributed by atoms with E-state index in [1.165, 1.54) is 11.3 Å². The number of carbonyl (C=O) groups is 1. The fraction of sp³-hybridized carbons (Fsp3) is 0.273. The molecule has 31 heavy (non-hydrogen) atoms. The zero-order valence-corrected chi connectivity index (χ0v) is 17.8. The predicted molar refractivity (Wildman–Crippen MR) is 117 cm³/mol. The number of nitrogens with one attached hydrogen (secondary N) is 1. The van der Waals surface area contributed by atoms with Crippen LogP contribution in [0.1, 0.15) is 16.1 Å². The van der Waals surface area contributed by atoms with Crippen molar-refractivity contribution in [1.82, 2.24) is 10.3 Å². The van der Waals surface area contributed by atoms with Gasteiger partial charge in [-0.2, -0.15) is 0 Å². The van der Waals surface area contributed by atoms with Crippen molar-refractivity contribution in [2.75, 3.05) is 43.1 Å². The van der Waals surface area contributed by atoms with Crippen LogP contribution < -0.4 is 19.9 Å². The Bertz CT molecular complexity index is 1050. The number of benzene rings is 2. The molecular formula is C22H22F2N4O2S. The maximum absolute atomic E-state index is 13.7. The van der Waals surface area contributed by atoms with Gasteiger partial charge in [-0.05, 0) is 42.5 Å². The van der Waals surface area contributed by atoms with E-state index in [1.54, 1.807) is 12.5 Å². The fourth-order valence-electron chi connectivity index (χ4n) is 3.41. The molecule has 9 heteroatoms. The highest BCUT2D eigenvalue weighted by Crippen LogP contribution is 2.25. The van der Waals surface area contributed by atoms with Gasteiger partial charge in [0, 0.05) is 49.4 Å². The van der Waals surface area contributed by atoms with E-state index in [1.807, 2.05) is 24.3 Å². The van der Waals surface area contributed by atoms with Crippen LogP contribution in [0.3, 0.4) is 0 Å². The van der Waals surface area contributed by atoms with Crippen molar-refractivity contribution in [3.8, 4) is 5.75 Å². The predicted octanol–water partition coefficient (Wildman–Crippen LogP) is 3.69. The molecule has 0 aliphatic carbocycles. The van der Waals surface area contributed by atoms with Gasteiger partial charge in [0.05, 0.1) is 7.11 Å². The summed E-state index contributed by atoms with van der Waals surface area (Å²) in [7, 11) is 1.65. The third-order valence-corrected chi connectivity index (χ3v) is 6.06. The normalized spacial score (nSPS) is 13.9. The van der Waals surface area contributed by atoms with Gasteiger partial charge in [-0.1, -0.05) is 0 Å². The molecule has 1 N–H and O–H groups in total. The molecule has 0 unspecified atom stereocenters. The highest BCUT2D eigenvalue weighted by atomic mass is 32.1. The molecule has 6 nitrogen and oxygen atoms in total. The molecule has 0 radical (unpaired) electrons. The summed E-state index contributed by atoms with van der Waals surface area (Å²) in [4.78, 5) is 21.3. The van der Waals surface area contributed by atoms with Crippen LogP contribution in [0.4, 0.5) is 19.6 Å². The van der Waals surface area contributed by atoms with Crippen LogP contribution in [0, 0.1) is 11.6 Å². The number of amides is 1. The van der Waals surface area contributed by atoms with E-state index >= 15 is 0 Å². The van der Waals surface area contributed by atoms with Crippen LogP contribution in [-0.4, -0.2) is 44.2 Å². The number of rotatable bonds is 6. The van der Waals surface area contributed by atoms with Crippen molar-refractivity contribution in [3.63, 3.8) is 0 Å². The standard InChI is InChI=1S/C22H22F2N4O2S/c1-30-18-5-3-17(4-6-18)27-8-10-28(11-9-27)22-26-20(14-31-22)21(29)25-13-15-12-16(23)2-7-19(15)24/h2-7,12,14H,8-11,13H2,1H3,(H,25,29). The minimum absolute atomic E-state index is 0.0958. The Balaban J connectivity index is 1.32. The summed E-state index contributed by atoms with van der Waals surface area (Å²) in [6.07, 6.45) is 0. The Kier molecular flexibility index (Phi) is 6.31. The van der Waals surface area contributed by atoms with Crippen molar-refractivity contribution in [3.05, 3.63) is 70.7 Å². The lowest BCUT2D eigenvalue weighted by Gasteiger charge is -2.36. The second-order valence-electron chi connectivity index (χ2n) is 7.11. The zero-order valence-electron chi connectivity index (χ0n) is 17.0. The maximum atomic E-state index is 13.7. The molecule has 1 fully saturated rings. The van der Waals surface area contributed by atoms with Crippen LogP contribution in [0.5, 0.6) is 5.75 Å². The third-order valence-electron chi connectivity index (χ3n) is 5.16. The van der Waals surface area contributed by atoms with Crippen molar-refractivity contribution in [1.29, 1.82) is 0 Å². The Morgan fingerprint density at radius 3 is 2.52 bits per heavy atom. The molecule has 1 aromatic heterocycles. The number of piperazine rings is 1. The van der Waals surface area contributed by atoms with Gasteiger partial charge in [-0.25, -0.2) is 13.8 Å². The van der Waals surface area contributed by atoms with Gasteiger partial charge in [0.25, 0.3) is 5.91 Å². The molecule has 3 aromatic rings. The molecule has 162 valence electrons. The van der Waals surface area contributed by atoms with Crippen molar-refractivity contribution >= 4 is 28.1 Å². The topological polar surface area (TPSA) is 57.7 Å². The molecule has 1 saturated heterocycles. The molecule has 0 spiro atoms. The smallest absolute Gasteiger partial charge is 0.271 e. The molecule has 1 amide bonds. The van der Waals surface area contributed by atoms with Crippen molar-refractivity contribution in [2.24, 2.45) is 0 Å². The number of nitrogens with zero attached hydrogens (tertiary/aromatic N) is 3. The number of thiazole rings is 1. The van der Waals surface area contributed by atoms with Gasteiger partial charge in [0.15, 0.2) is 5.13 Å². The fourth-order valence-corrected chi connectivity index (χ4v) is 4.27. The lowest BCUT2D eigenvalue weighted by molar-refractivity contribution is 0.0946. The highest BCUT2D eigenvalue weighted by Gasteiger charge is 2.21. The summed E-state index contributed by atoms with van der Waals surface area (Å²) in [5, 5.41) is 5.06. The molecular weight excluding hydrogens is 422 g/mol. The van der Waals surface area contributed by atoms with Crippen LogP contribution in [0.15, 0.2) is 47.8 Å². The summed E-state index contributed by atoms with van der Waals surface area (Å²) in [6, 6.07) is 11.1. The number of hydrogen-bond donors (Lipinski definition) is 1. The van der Waals surface area contributed by atoms with E-state index < -0.39 is 17.5 Å². The van der Waals surface area contributed by atoms with E-state index in [9.17, 15) is 13.6 Å². The first-order valence-corrected chi connectivity index (χ1v) is 10.7. The van der Waals surface area contributed by atoms with Gasteiger partial charge in [-0.3, -0.25) is 4.79 Å². The monoisotopic (exact) mass is 444 g/mol. The third kappa shape index (κ3) is 4.93. The number of ether oxygens (including phenoxy) is 1. The van der Waals surface area contributed by atoms with Crippen molar-refractivity contribution in [2.45, 2.75) is 6.54 Å². The van der Waals surface area contributed by atoms with Gasteiger partial charge >= 0.3 is 0 Å². The van der Waals surface area contributed by atoms with E-state index in [4.69, 9.17) is 4.74 Å². The zero-order chi connectivity index (χ0) is 21.8. The van der Waals surface area contributed by atoms with Crippen LogP contribution >= 0.6 is 11.3 Å². The lowest BCUT2D eigenvalue weighted by atomic mass is 10.2. The first-order valence-electron chi connectivity index (χ1n) is 9.85. The number of aromatic nitrogens is 1. The summed E-state index contributed by atoms with van der Waals surface area (Å²) < 4.78 is 32.2. The quantitative estimate of drug-likeness (QED) is 0.629. The van der Waals surface area contributed by atoms with Gasteiger partial charge in [0.1, 0.15) is 23.1 Å². The van der Waals surface area contributed by atoms with E-state index in [0.717, 1.165) is 60.9 Å². The number of halogens is 2. The van der Waals surface area contributed by atoms with Crippen LogP contribution in [0.25, 0.3) is 0 Å². The van der Waals surface area contributed by atoms with E-state index in [0.29, 0.717) is 0 Å². The second kappa shape index (κ2) is 9.30. The molecule has 2 aromatic carbocycles. The first-order chi connectivity index (χ1) is 15.0. The van der Waals surface area contributed by atoms with Crippen LogP contribution in [-0.2, 0) is 6.54 Å². The Hall–Kier alpha value is -3.20. The lowest BCUT2D eigenvalue weighted by Crippen LogP contribution is -2.46. The largest absolute Gasteiger partial charge is 0.497 e.